The van der Waals surface area contributed by atoms with Gasteiger partial charge in [0.05, 0.1) is 22.5 Å². The number of benzene rings is 3. The van der Waals surface area contributed by atoms with E-state index in [4.69, 9.17) is 0 Å². The Kier molecular flexibility index (Phi) is 5.38. The van der Waals surface area contributed by atoms with Crippen LogP contribution in [0.1, 0.15) is 36.3 Å². The molecule has 0 bridgehead atoms. The van der Waals surface area contributed by atoms with Crippen LogP contribution in [0, 0.1) is 23.0 Å². The molecule has 0 aliphatic carbocycles. The van der Waals surface area contributed by atoms with Crippen molar-refractivity contribution < 1.29 is 23.8 Å². The smallest absolute Gasteiger partial charge is 0.335 e. The molecule has 4 rings (SSSR count). The summed E-state index contributed by atoms with van der Waals surface area (Å²) in [5, 5.41) is 29.8. The largest absolute Gasteiger partial charge is 0.504 e. The van der Waals surface area contributed by atoms with E-state index in [1.54, 1.807) is 28.8 Å². The molecule has 0 radical (unpaired) electrons. The Hall–Kier alpha value is -4.18. The molecule has 0 atom stereocenters. The van der Waals surface area contributed by atoms with Gasteiger partial charge in [-0.25, -0.2) is 13.6 Å². The molecule has 5 nitrogen and oxygen atoms in total. The van der Waals surface area contributed by atoms with Crippen LogP contribution in [0.4, 0.5) is 8.78 Å². The molecule has 0 saturated carbocycles. The summed E-state index contributed by atoms with van der Waals surface area (Å²) in [6.45, 7) is 3.71. The van der Waals surface area contributed by atoms with Crippen molar-refractivity contribution in [2.24, 2.45) is 0 Å². The fourth-order valence-corrected chi connectivity index (χ4v) is 4.18. The second kappa shape index (κ2) is 8.06. The highest BCUT2D eigenvalue weighted by Crippen LogP contribution is 2.47. The average molecular weight is 446 g/mol. The van der Waals surface area contributed by atoms with E-state index in [9.17, 15) is 29.1 Å². The normalized spacial score (nSPS) is 11.5. The number of carboxylic acid groups (broad SMARTS) is 1. The zero-order chi connectivity index (χ0) is 23.9. The van der Waals surface area contributed by atoms with Gasteiger partial charge in [0.15, 0.2) is 11.6 Å². The van der Waals surface area contributed by atoms with E-state index in [1.165, 1.54) is 30.3 Å². The summed E-state index contributed by atoms with van der Waals surface area (Å²) in [6, 6.07) is 16.6. The van der Waals surface area contributed by atoms with Gasteiger partial charge >= 0.3 is 5.97 Å². The predicted octanol–water partition coefficient (Wildman–Crippen LogP) is 6.17. The van der Waals surface area contributed by atoms with E-state index < -0.39 is 28.8 Å². The number of aromatic carboxylic acids is 1. The number of hydrogen-bond donors (Lipinski definition) is 2. The number of fused-ring (bicyclic) bond motifs is 1. The number of aromatic nitrogens is 1. The highest BCUT2D eigenvalue weighted by Gasteiger charge is 2.33. The molecule has 0 aliphatic rings. The van der Waals surface area contributed by atoms with Crippen LogP contribution in [0.2, 0.25) is 0 Å². The summed E-state index contributed by atoms with van der Waals surface area (Å²) in [4.78, 5) is 11.3. The molecule has 166 valence electrons. The van der Waals surface area contributed by atoms with Crippen molar-refractivity contribution in [1.29, 1.82) is 5.26 Å². The summed E-state index contributed by atoms with van der Waals surface area (Å²) in [7, 11) is 0. The van der Waals surface area contributed by atoms with Crippen molar-refractivity contribution >= 4 is 16.9 Å². The average Bonchev–Trinajstić information content (AvgIpc) is 3.13. The summed E-state index contributed by atoms with van der Waals surface area (Å²) in [6.07, 6.45) is 0.105. The molecule has 7 heteroatoms. The lowest BCUT2D eigenvalue weighted by Crippen LogP contribution is -2.21. The van der Waals surface area contributed by atoms with Gasteiger partial charge in [0.1, 0.15) is 5.82 Å². The highest BCUT2D eigenvalue weighted by molar-refractivity contribution is 6.04. The summed E-state index contributed by atoms with van der Waals surface area (Å²) >= 11 is 0. The van der Waals surface area contributed by atoms with Crippen molar-refractivity contribution in [3.63, 3.8) is 0 Å². The van der Waals surface area contributed by atoms with Gasteiger partial charge < -0.3 is 14.8 Å². The molecule has 0 amide bonds. The molecule has 4 aromatic rings. The Labute approximate surface area is 188 Å². The minimum atomic E-state index is -1.09. The summed E-state index contributed by atoms with van der Waals surface area (Å²) in [5.41, 5.74) is 1.98. The SMILES string of the molecule is CC(C)(CC#N)c1c(-c2ccc(C(=O)O)cc2)c2c(O)c(F)ccc2n1-c1ccc(F)cc1. The Morgan fingerprint density at radius 1 is 1.03 bits per heavy atom. The lowest BCUT2D eigenvalue weighted by atomic mass is 9.81. The molecule has 0 unspecified atom stereocenters. The second-order valence-electron chi connectivity index (χ2n) is 8.43. The van der Waals surface area contributed by atoms with Gasteiger partial charge in [0, 0.05) is 28.8 Å². The van der Waals surface area contributed by atoms with Crippen LogP contribution in [-0.2, 0) is 5.41 Å². The lowest BCUT2D eigenvalue weighted by Gasteiger charge is -2.26. The van der Waals surface area contributed by atoms with Crippen molar-refractivity contribution in [2.75, 3.05) is 0 Å². The molecular weight excluding hydrogens is 426 g/mol. The quantitative estimate of drug-likeness (QED) is 0.384. The maximum Gasteiger partial charge on any atom is 0.335 e. The van der Waals surface area contributed by atoms with Crippen molar-refractivity contribution in [2.45, 2.75) is 25.7 Å². The first-order valence-corrected chi connectivity index (χ1v) is 10.2. The van der Waals surface area contributed by atoms with Crippen LogP contribution >= 0.6 is 0 Å². The summed E-state index contributed by atoms with van der Waals surface area (Å²) in [5.74, 6) is -2.88. The third kappa shape index (κ3) is 3.70. The zero-order valence-corrected chi connectivity index (χ0v) is 17.9. The number of carboxylic acids is 1. The van der Waals surface area contributed by atoms with Crippen molar-refractivity contribution in [3.05, 3.63) is 83.6 Å². The monoisotopic (exact) mass is 446 g/mol. The number of nitriles is 1. The minimum absolute atomic E-state index is 0.0780. The van der Waals surface area contributed by atoms with Crippen molar-refractivity contribution in [3.8, 4) is 28.6 Å². The predicted molar refractivity (Wildman–Crippen MR) is 121 cm³/mol. The van der Waals surface area contributed by atoms with Crippen LogP contribution in [0.25, 0.3) is 27.7 Å². The van der Waals surface area contributed by atoms with Gasteiger partial charge in [-0.3, -0.25) is 0 Å². The third-order valence-corrected chi connectivity index (χ3v) is 5.73. The van der Waals surface area contributed by atoms with Crippen LogP contribution in [0.3, 0.4) is 0 Å². The molecule has 33 heavy (non-hydrogen) atoms. The van der Waals surface area contributed by atoms with Gasteiger partial charge in [0.25, 0.3) is 0 Å². The van der Waals surface area contributed by atoms with Gasteiger partial charge in [0.2, 0.25) is 0 Å². The first-order valence-electron chi connectivity index (χ1n) is 10.2. The first-order chi connectivity index (χ1) is 15.7. The molecule has 1 heterocycles. The van der Waals surface area contributed by atoms with Gasteiger partial charge in [-0.15, -0.1) is 0 Å². The Bertz CT molecular complexity index is 1410. The van der Waals surface area contributed by atoms with Crippen LogP contribution in [0.15, 0.2) is 60.7 Å². The topological polar surface area (TPSA) is 86.2 Å². The molecule has 0 fully saturated rings. The zero-order valence-electron chi connectivity index (χ0n) is 17.9. The van der Waals surface area contributed by atoms with Gasteiger partial charge in [-0.2, -0.15) is 5.26 Å². The third-order valence-electron chi connectivity index (χ3n) is 5.73. The molecular formula is C26H20F2N2O3. The number of nitrogens with zero attached hydrogens (tertiary/aromatic N) is 2. The number of phenols is 1. The Morgan fingerprint density at radius 3 is 2.24 bits per heavy atom. The number of rotatable bonds is 5. The van der Waals surface area contributed by atoms with Gasteiger partial charge in [-0.05, 0) is 54.1 Å². The Morgan fingerprint density at radius 2 is 1.67 bits per heavy atom. The number of phenolic OH excluding ortho intramolecular Hbond substituents is 1. The van der Waals surface area contributed by atoms with E-state index >= 15 is 0 Å². The maximum absolute atomic E-state index is 14.5. The first kappa shape index (κ1) is 22.0. The van der Waals surface area contributed by atoms with Crippen LogP contribution in [-0.4, -0.2) is 20.7 Å². The highest BCUT2D eigenvalue weighted by atomic mass is 19.1. The number of halogens is 2. The van der Waals surface area contributed by atoms with E-state index in [0.717, 1.165) is 6.07 Å². The number of carbonyl (C=O) groups is 1. The summed E-state index contributed by atoms with van der Waals surface area (Å²) < 4.78 is 30.0. The van der Waals surface area contributed by atoms with Crippen LogP contribution < -0.4 is 0 Å². The van der Waals surface area contributed by atoms with Crippen molar-refractivity contribution in [1.82, 2.24) is 4.57 Å². The molecule has 0 saturated heterocycles. The van der Waals surface area contributed by atoms with E-state index in [1.807, 2.05) is 13.8 Å². The Balaban J connectivity index is 2.19. The lowest BCUT2D eigenvalue weighted by molar-refractivity contribution is 0.0697. The molecule has 0 spiro atoms. The molecule has 3 aromatic carbocycles. The van der Waals surface area contributed by atoms with E-state index in [0.29, 0.717) is 28.0 Å². The van der Waals surface area contributed by atoms with E-state index in [-0.39, 0.29) is 17.4 Å². The molecule has 1 aromatic heterocycles. The fourth-order valence-electron chi connectivity index (χ4n) is 4.18. The number of hydrogen-bond acceptors (Lipinski definition) is 3. The molecule has 0 aliphatic heterocycles. The standard InChI is InChI=1S/C26H20F2N2O3/c1-26(2,13-14-29)24-21(15-3-5-16(6-4-15)25(32)33)22-20(12-11-19(28)23(22)31)30(24)18-9-7-17(27)8-10-18/h3-12,31H,13H2,1-2H3,(H,32,33). The van der Waals surface area contributed by atoms with Crippen LogP contribution in [0.5, 0.6) is 5.75 Å². The number of aromatic hydroxyl groups is 1. The van der Waals surface area contributed by atoms with E-state index in [2.05, 4.69) is 6.07 Å². The second-order valence-corrected chi connectivity index (χ2v) is 8.43. The molecule has 2 N–H and O–H groups in total. The minimum Gasteiger partial charge on any atom is -0.504 e. The fraction of sp³-hybridized carbons (Fsp3) is 0.154. The van der Waals surface area contributed by atoms with Gasteiger partial charge in [-0.1, -0.05) is 26.0 Å². The maximum atomic E-state index is 14.5.